The number of amides is 1. The maximum Gasteiger partial charge on any atom is 0.242 e. The highest BCUT2D eigenvalue weighted by Crippen LogP contribution is 2.30. The molecule has 0 bridgehead atoms. The van der Waals surface area contributed by atoms with Gasteiger partial charge in [0.15, 0.2) is 0 Å². The molecule has 2 rings (SSSR count). The number of anilines is 1. The number of methoxy groups -OCH3 is 1. The first-order valence-electron chi connectivity index (χ1n) is 6.07. The normalized spacial score (nSPS) is 12.3. The summed E-state index contributed by atoms with van der Waals surface area (Å²) in [5, 5.41) is 6.36. The maximum absolute atomic E-state index is 11.9. The van der Waals surface area contributed by atoms with Crippen molar-refractivity contribution in [3.05, 3.63) is 17.2 Å². The third-order valence-corrected chi connectivity index (χ3v) is 3.59. The van der Waals surface area contributed by atoms with Gasteiger partial charge in [-0.1, -0.05) is 11.6 Å². The predicted octanol–water partition coefficient (Wildman–Crippen LogP) is 1.91. The molecule has 1 heterocycles. The third-order valence-electron chi connectivity index (χ3n) is 2.74. The number of benzene rings is 1. The number of fused-ring (bicyclic) bond motifs is 1. The second-order valence-electron chi connectivity index (χ2n) is 4.20. The highest BCUT2D eigenvalue weighted by molar-refractivity contribution is 7.00. The van der Waals surface area contributed by atoms with Crippen molar-refractivity contribution in [2.75, 3.05) is 25.6 Å². The van der Waals surface area contributed by atoms with E-state index in [1.54, 1.807) is 26.2 Å². The van der Waals surface area contributed by atoms with Crippen molar-refractivity contribution in [2.24, 2.45) is 0 Å². The molecule has 0 saturated carbocycles. The van der Waals surface area contributed by atoms with E-state index >= 15 is 0 Å². The Labute approximate surface area is 125 Å². The van der Waals surface area contributed by atoms with Crippen LogP contribution in [0.2, 0.25) is 5.02 Å². The Morgan fingerprint density at radius 3 is 3.05 bits per heavy atom. The third kappa shape index (κ3) is 3.36. The van der Waals surface area contributed by atoms with Crippen LogP contribution in [-0.4, -0.2) is 41.0 Å². The number of aromatic nitrogens is 2. The lowest BCUT2D eigenvalue weighted by Gasteiger charge is -2.16. The molecule has 0 aliphatic rings. The molecule has 2 aromatic rings. The van der Waals surface area contributed by atoms with Crippen molar-refractivity contribution in [1.82, 2.24) is 14.1 Å². The Morgan fingerprint density at radius 2 is 2.30 bits per heavy atom. The van der Waals surface area contributed by atoms with Gasteiger partial charge in [-0.25, -0.2) is 0 Å². The molecular formula is C12H15ClN4O2S. The summed E-state index contributed by atoms with van der Waals surface area (Å²) in [6.07, 6.45) is 0. The number of rotatable bonds is 6. The lowest BCUT2D eigenvalue weighted by atomic mass is 10.2. The van der Waals surface area contributed by atoms with Crippen molar-refractivity contribution in [2.45, 2.75) is 13.0 Å². The van der Waals surface area contributed by atoms with Crippen molar-refractivity contribution in [3.8, 4) is 0 Å². The lowest BCUT2D eigenvalue weighted by Crippen LogP contribution is -2.39. The minimum Gasteiger partial charge on any atom is -0.383 e. The van der Waals surface area contributed by atoms with Crippen molar-refractivity contribution >= 4 is 46.0 Å². The number of carbonyl (C=O) groups excluding carboxylic acids is 1. The molecular weight excluding hydrogens is 300 g/mol. The van der Waals surface area contributed by atoms with Gasteiger partial charge in [-0.05, 0) is 19.1 Å². The summed E-state index contributed by atoms with van der Waals surface area (Å²) in [6.45, 7) is 2.71. The minimum atomic E-state index is -0.434. The maximum atomic E-state index is 11.9. The van der Waals surface area contributed by atoms with Gasteiger partial charge in [0.1, 0.15) is 17.1 Å². The van der Waals surface area contributed by atoms with Gasteiger partial charge in [0.2, 0.25) is 5.91 Å². The van der Waals surface area contributed by atoms with Crippen molar-refractivity contribution in [3.63, 3.8) is 0 Å². The Morgan fingerprint density at radius 1 is 1.50 bits per heavy atom. The lowest BCUT2D eigenvalue weighted by molar-refractivity contribution is -0.121. The van der Waals surface area contributed by atoms with Gasteiger partial charge in [-0.15, -0.1) is 0 Å². The van der Waals surface area contributed by atoms with E-state index in [0.29, 0.717) is 29.4 Å². The SMILES string of the molecule is COCCNC(=O)C(C)Nc1c(Cl)ccc2nsnc12. The van der Waals surface area contributed by atoms with Crippen LogP contribution < -0.4 is 10.6 Å². The van der Waals surface area contributed by atoms with E-state index in [9.17, 15) is 4.79 Å². The van der Waals surface area contributed by atoms with E-state index in [0.717, 1.165) is 17.2 Å². The fourth-order valence-corrected chi connectivity index (χ4v) is 2.43. The Balaban J connectivity index is 2.09. The average molecular weight is 315 g/mol. The molecule has 108 valence electrons. The van der Waals surface area contributed by atoms with Crippen LogP contribution >= 0.6 is 23.3 Å². The first-order chi connectivity index (χ1) is 9.63. The van der Waals surface area contributed by atoms with Crippen LogP contribution in [0.3, 0.4) is 0 Å². The molecule has 0 spiro atoms. The molecule has 1 aromatic heterocycles. The summed E-state index contributed by atoms with van der Waals surface area (Å²) in [7, 11) is 1.59. The van der Waals surface area contributed by atoms with Gasteiger partial charge in [0, 0.05) is 13.7 Å². The van der Waals surface area contributed by atoms with Crippen LogP contribution in [0.15, 0.2) is 12.1 Å². The molecule has 0 saturated heterocycles. The van der Waals surface area contributed by atoms with E-state index in [2.05, 4.69) is 19.4 Å². The fraction of sp³-hybridized carbons (Fsp3) is 0.417. The zero-order valence-corrected chi connectivity index (χ0v) is 12.7. The van der Waals surface area contributed by atoms with Crippen LogP contribution in [0.25, 0.3) is 11.0 Å². The van der Waals surface area contributed by atoms with Crippen LogP contribution in [0.4, 0.5) is 5.69 Å². The standard InChI is InChI=1S/C12H15ClN4O2S/c1-7(12(18)14-5-6-19-2)15-10-8(13)3-4-9-11(10)17-20-16-9/h3-4,7,15H,5-6H2,1-2H3,(H,14,18). The highest BCUT2D eigenvalue weighted by atomic mass is 35.5. The molecule has 20 heavy (non-hydrogen) atoms. The fourth-order valence-electron chi connectivity index (χ4n) is 1.68. The van der Waals surface area contributed by atoms with Gasteiger partial charge in [0.05, 0.1) is 29.0 Å². The molecule has 1 aromatic carbocycles. The molecule has 1 amide bonds. The van der Waals surface area contributed by atoms with E-state index < -0.39 is 6.04 Å². The number of nitrogens with one attached hydrogen (secondary N) is 2. The Bertz CT molecular complexity index is 604. The van der Waals surface area contributed by atoms with E-state index in [-0.39, 0.29) is 5.91 Å². The first kappa shape index (κ1) is 15.0. The van der Waals surface area contributed by atoms with Gasteiger partial charge in [-0.2, -0.15) is 8.75 Å². The molecule has 6 nitrogen and oxygen atoms in total. The van der Waals surface area contributed by atoms with E-state index in [1.807, 2.05) is 0 Å². The molecule has 0 aliphatic heterocycles. The molecule has 8 heteroatoms. The minimum absolute atomic E-state index is 0.127. The molecule has 1 unspecified atom stereocenters. The first-order valence-corrected chi connectivity index (χ1v) is 7.18. The molecule has 0 fully saturated rings. The smallest absolute Gasteiger partial charge is 0.242 e. The summed E-state index contributed by atoms with van der Waals surface area (Å²) in [5.74, 6) is -0.127. The van der Waals surface area contributed by atoms with Gasteiger partial charge in [-0.3, -0.25) is 4.79 Å². The quantitative estimate of drug-likeness (QED) is 0.797. The van der Waals surface area contributed by atoms with Crippen LogP contribution in [0.5, 0.6) is 0 Å². The topological polar surface area (TPSA) is 76.1 Å². The summed E-state index contributed by atoms with van der Waals surface area (Å²) in [6, 6.07) is 3.11. The summed E-state index contributed by atoms with van der Waals surface area (Å²) in [4.78, 5) is 11.9. The van der Waals surface area contributed by atoms with Crippen LogP contribution in [-0.2, 0) is 9.53 Å². The Hall–Kier alpha value is -1.44. The predicted molar refractivity (Wildman–Crippen MR) is 80.4 cm³/mol. The number of nitrogens with zero attached hydrogens (tertiary/aromatic N) is 2. The molecule has 1 atom stereocenters. The van der Waals surface area contributed by atoms with E-state index in [1.165, 1.54) is 0 Å². The zero-order chi connectivity index (χ0) is 14.5. The van der Waals surface area contributed by atoms with Crippen LogP contribution in [0.1, 0.15) is 6.92 Å². The van der Waals surface area contributed by atoms with Crippen molar-refractivity contribution in [1.29, 1.82) is 0 Å². The van der Waals surface area contributed by atoms with Crippen molar-refractivity contribution < 1.29 is 9.53 Å². The van der Waals surface area contributed by atoms with Gasteiger partial charge < -0.3 is 15.4 Å². The number of hydrogen-bond acceptors (Lipinski definition) is 6. The van der Waals surface area contributed by atoms with Crippen LogP contribution in [0, 0.1) is 0 Å². The van der Waals surface area contributed by atoms with E-state index in [4.69, 9.17) is 16.3 Å². The summed E-state index contributed by atoms with van der Waals surface area (Å²) >= 11 is 7.27. The number of halogens is 1. The van der Waals surface area contributed by atoms with Gasteiger partial charge in [0.25, 0.3) is 0 Å². The molecule has 0 aliphatic carbocycles. The Kier molecular flexibility index (Phi) is 5.11. The second kappa shape index (κ2) is 6.83. The molecule has 2 N–H and O–H groups in total. The average Bonchev–Trinajstić information content (AvgIpc) is 2.90. The monoisotopic (exact) mass is 314 g/mol. The number of hydrogen-bond donors (Lipinski definition) is 2. The highest BCUT2D eigenvalue weighted by Gasteiger charge is 2.16. The largest absolute Gasteiger partial charge is 0.383 e. The number of carbonyl (C=O) groups is 1. The zero-order valence-electron chi connectivity index (χ0n) is 11.1. The summed E-state index contributed by atoms with van der Waals surface area (Å²) in [5.41, 5.74) is 2.07. The van der Waals surface area contributed by atoms with Gasteiger partial charge >= 0.3 is 0 Å². The molecule has 0 radical (unpaired) electrons. The second-order valence-corrected chi connectivity index (χ2v) is 5.14. The summed E-state index contributed by atoms with van der Waals surface area (Å²) < 4.78 is 13.2. The number of ether oxygens (including phenoxy) is 1.